The molecule has 0 aromatic heterocycles. The van der Waals surface area contributed by atoms with Crippen molar-refractivity contribution in [2.24, 2.45) is 0 Å². The van der Waals surface area contributed by atoms with Crippen LogP contribution in [0.3, 0.4) is 0 Å². The first kappa shape index (κ1) is 22.8. The quantitative estimate of drug-likeness (QED) is 0.303. The Bertz CT molecular complexity index is 1310. The van der Waals surface area contributed by atoms with E-state index in [9.17, 15) is 10.2 Å². The number of hydrogen-bond donors (Lipinski definition) is 2. The van der Waals surface area contributed by atoms with Crippen molar-refractivity contribution in [3.63, 3.8) is 0 Å². The lowest BCUT2D eigenvalue weighted by atomic mass is 9.62. The summed E-state index contributed by atoms with van der Waals surface area (Å²) >= 11 is 0. The van der Waals surface area contributed by atoms with Crippen molar-refractivity contribution in [3.05, 3.63) is 107 Å². The highest BCUT2D eigenvalue weighted by Crippen LogP contribution is 2.55. The predicted octanol–water partition coefficient (Wildman–Crippen LogP) is 7.67. The van der Waals surface area contributed by atoms with E-state index in [1.54, 1.807) is 0 Å². The molecule has 0 unspecified atom stereocenters. The van der Waals surface area contributed by atoms with E-state index in [1.807, 2.05) is 42.5 Å². The second kappa shape index (κ2) is 9.02. The lowest BCUT2D eigenvalue weighted by Crippen LogP contribution is -2.43. The average Bonchev–Trinajstić information content (AvgIpc) is 2.89. The maximum atomic E-state index is 12.7. The largest absolute Gasteiger partial charge is 0.380 e. The molecular weight excluding hydrogens is 416 g/mol. The van der Waals surface area contributed by atoms with Gasteiger partial charge >= 0.3 is 0 Å². The van der Waals surface area contributed by atoms with Crippen LogP contribution >= 0.6 is 0 Å². The molecule has 174 valence electrons. The van der Waals surface area contributed by atoms with Crippen molar-refractivity contribution in [1.82, 2.24) is 0 Å². The standard InChI is InChI=1S/C32H34O2/c1-3-5-21-31(33)27-18-12-17-26(23-13-8-7-9-14-23)29(27)32(34,22-6-4-2)28-20-19-24-15-10-11-16-25(24)30(28)31/h7-20,33-34H,3-6,21-22H2,1-2H3/t31-,32-/m0/s1. The van der Waals surface area contributed by atoms with Gasteiger partial charge in [0, 0.05) is 11.1 Å². The molecule has 0 amide bonds. The molecule has 0 aliphatic heterocycles. The Kier molecular flexibility index (Phi) is 6.06. The van der Waals surface area contributed by atoms with E-state index >= 15 is 0 Å². The number of rotatable bonds is 7. The van der Waals surface area contributed by atoms with Gasteiger partial charge in [-0.3, -0.25) is 0 Å². The van der Waals surface area contributed by atoms with Gasteiger partial charge in [0.15, 0.2) is 0 Å². The van der Waals surface area contributed by atoms with Crippen molar-refractivity contribution in [2.45, 2.75) is 63.6 Å². The van der Waals surface area contributed by atoms with Gasteiger partial charge in [0.25, 0.3) is 0 Å². The van der Waals surface area contributed by atoms with Crippen molar-refractivity contribution >= 4 is 10.8 Å². The van der Waals surface area contributed by atoms with Gasteiger partial charge in [-0.2, -0.15) is 0 Å². The first-order valence-electron chi connectivity index (χ1n) is 12.7. The summed E-state index contributed by atoms with van der Waals surface area (Å²) in [6.45, 7) is 4.32. The minimum Gasteiger partial charge on any atom is -0.380 e. The van der Waals surface area contributed by atoms with E-state index in [0.29, 0.717) is 12.8 Å². The van der Waals surface area contributed by atoms with Crippen LogP contribution in [-0.2, 0) is 11.2 Å². The lowest BCUT2D eigenvalue weighted by molar-refractivity contribution is 0.0203. The van der Waals surface area contributed by atoms with Crippen LogP contribution in [0.1, 0.15) is 74.6 Å². The SMILES string of the molecule is CCCC[C@]1(O)c2ccc3ccccc3c2[C@](O)(CCCC)c2cccc(-c3ccccc3)c21. The van der Waals surface area contributed by atoms with Gasteiger partial charge in [-0.05, 0) is 45.9 Å². The summed E-state index contributed by atoms with van der Waals surface area (Å²) in [4.78, 5) is 0. The summed E-state index contributed by atoms with van der Waals surface area (Å²) in [5, 5.41) is 27.4. The smallest absolute Gasteiger partial charge is 0.116 e. The summed E-state index contributed by atoms with van der Waals surface area (Å²) in [6.07, 6.45) is 5.04. The highest BCUT2D eigenvalue weighted by molar-refractivity contribution is 5.90. The number of hydrogen-bond acceptors (Lipinski definition) is 2. The second-order valence-electron chi connectivity index (χ2n) is 9.73. The average molecular weight is 451 g/mol. The molecule has 4 aromatic rings. The summed E-state index contributed by atoms with van der Waals surface area (Å²) in [6, 6.07) is 28.9. The molecule has 34 heavy (non-hydrogen) atoms. The molecule has 1 aliphatic carbocycles. The van der Waals surface area contributed by atoms with Gasteiger partial charge in [0.2, 0.25) is 0 Å². The number of benzene rings is 4. The fraction of sp³-hybridized carbons (Fsp3) is 0.312. The molecule has 0 heterocycles. The van der Waals surface area contributed by atoms with E-state index in [2.05, 4.69) is 56.3 Å². The van der Waals surface area contributed by atoms with Gasteiger partial charge in [0.05, 0.1) is 0 Å². The van der Waals surface area contributed by atoms with Crippen molar-refractivity contribution in [1.29, 1.82) is 0 Å². The molecule has 2 nitrogen and oxygen atoms in total. The highest BCUT2D eigenvalue weighted by Gasteiger charge is 2.50. The first-order valence-corrected chi connectivity index (χ1v) is 12.7. The molecule has 5 rings (SSSR count). The molecule has 0 spiro atoms. The van der Waals surface area contributed by atoms with E-state index in [1.165, 1.54) is 0 Å². The van der Waals surface area contributed by atoms with Gasteiger partial charge in [-0.1, -0.05) is 124 Å². The fourth-order valence-corrected chi connectivity index (χ4v) is 5.92. The van der Waals surface area contributed by atoms with Crippen LogP contribution in [-0.4, -0.2) is 10.2 Å². The Labute approximate surface area is 202 Å². The Morgan fingerprint density at radius 2 is 1.21 bits per heavy atom. The van der Waals surface area contributed by atoms with Crippen LogP contribution in [0.5, 0.6) is 0 Å². The Morgan fingerprint density at radius 1 is 0.588 bits per heavy atom. The highest BCUT2D eigenvalue weighted by atomic mass is 16.3. The molecule has 0 radical (unpaired) electrons. The van der Waals surface area contributed by atoms with E-state index in [-0.39, 0.29) is 0 Å². The number of aliphatic hydroxyl groups is 2. The molecule has 1 aliphatic rings. The molecule has 0 fully saturated rings. The van der Waals surface area contributed by atoms with Crippen molar-refractivity contribution in [3.8, 4) is 11.1 Å². The Morgan fingerprint density at radius 3 is 1.91 bits per heavy atom. The van der Waals surface area contributed by atoms with E-state index < -0.39 is 11.2 Å². The summed E-state index contributed by atoms with van der Waals surface area (Å²) in [5.41, 5.74) is 3.20. The zero-order chi connectivity index (χ0) is 23.8. The van der Waals surface area contributed by atoms with Crippen molar-refractivity contribution < 1.29 is 10.2 Å². The fourth-order valence-electron chi connectivity index (χ4n) is 5.92. The monoisotopic (exact) mass is 450 g/mol. The van der Waals surface area contributed by atoms with Crippen LogP contribution in [0, 0.1) is 0 Å². The third kappa shape index (κ3) is 3.48. The molecular formula is C32H34O2. The van der Waals surface area contributed by atoms with Gasteiger partial charge in [0.1, 0.15) is 11.2 Å². The van der Waals surface area contributed by atoms with E-state index in [4.69, 9.17) is 0 Å². The summed E-state index contributed by atoms with van der Waals surface area (Å²) < 4.78 is 0. The molecule has 2 N–H and O–H groups in total. The number of unbranched alkanes of at least 4 members (excludes halogenated alkanes) is 2. The third-order valence-electron chi connectivity index (χ3n) is 7.58. The summed E-state index contributed by atoms with van der Waals surface area (Å²) in [5.74, 6) is 0. The second-order valence-corrected chi connectivity index (χ2v) is 9.73. The third-order valence-corrected chi connectivity index (χ3v) is 7.58. The van der Waals surface area contributed by atoms with Crippen LogP contribution in [0.15, 0.2) is 84.9 Å². The van der Waals surface area contributed by atoms with Crippen LogP contribution in [0.2, 0.25) is 0 Å². The molecule has 0 saturated heterocycles. The predicted molar refractivity (Wildman–Crippen MR) is 141 cm³/mol. The summed E-state index contributed by atoms with van der Waals surface area (Å²) in [7, 11) is 0. The first-order chi connectivity index (χ1) is 16.5. The lowest BCUT2D eigenvalue weighted by Gasteiger charge is -2.46. The number of fused-ring (bicyclic) bond motifs is 4. The van der Waals surface area contributed by atoms with Gasteiger partial charge in [-0.25, -0.2) is 0 Å². The molecule has 0 saturated carbocycles. The maximum absolute atomic E-state index is 12.7. The van der Waals surface area contributed by atoms with Gasteiger partial charge < -0.3 is 10.2 Å². The van der Waals surface area contributed by atoms with Crippen LogP contribution in [0.4, 0.5) is 0 Å². The Balaban J connectivity index is 1.90. The Hall–Kier alpha value is -2.94. The minimum absolute atomic E-state index is 0.621. The van der Waals surface area contributed by atoms with Gasteiger partial charge in [-0.15, -0.1) is 0 Å². The molecule has 4 aromatic carbocycles. The molecule has 2 atom stereocenters. The van der Waals surface area contributed by atoms with Crippen molar-refractivity contribution in [2.75, 3.05) is 0 Å². The maximum Gasteiger partial charge on any atom is 0.116 e. The van der Waals surface area contributed by atoms with E-state index in [0.717, 1.165) is 69.8 Å². The molecule has 2 heteroatoms. The molecule has 0 bridgehead atoms. The topological polar surface area (TPSA) is 40.5 Å². The normalized spacial score (nSPS) is 21.3. The van der Waals surface area contributed by atoms with Crippen LogP contribution in [0.25, 0.3) is 21.9 Å². The minimum atomic E-state index is -1.17. The van der Waals surface area contributed by atoms with Crippen LogP contribution < -0.4 is 0 Å². The zero-order valence-electron chi connectivity index (χ0n) is 20.2. The zero-order valence-corrected chi connectivity index (χ0v) is 20.2.